The first kappa shape index (κ1) is 10.3. The van der Waals surface area contributed by atoms with Crippen LogP contribution in [0.3, 0.4) is 0 Å². The second-order valence-corrected chi connectivity index (χ2v) is 4.32. The highest BCUT2D eigenvalue weighted by Gasteiger charge is 2.21. The zero-order chi connectivity index (χ0) is 10.8. The lowest BCUT2D eigenvalue weighted by atomic mass is 10.0. The number of fused-ring (bicyclic) bond motifs is 1. The lowest BCUT2D eigenvalue weighted by Crippen LogP contribution is -2.35. The second-order valence-electron chi connectivity index (χ2n) is 4.32. The first-order valence-corrected chi connectivity index (χ1v) is 5.44. The van der Waals surface area contributed by atoms with Crippen LogP contribution in [0, 0.1) is 5.92 Å². The van der Waals surface area contributed by atoms with Gasteiger partial charge >= 0.3 is 0 Å². The molecular formula is C12H18N2O. The lowest BCUT2D eigenvalue weighted by molar-refractivity contribution is 0.156. The van der Waals surface area contributed by atoms with Crippen LogP contribution in [0.1, 0.15) is 19.4 Å². The molecule has 0 aromatic heterocycles. The number of benzene rings is 1. The molecule has 1 heterocycles. The number of ether oxygens (including phenoxy) is 1. The van der Waals surface area contributed by atoms with Gasteiger partial charge in [-0.25, -0.2) is 0 Å². The minimum atomic E-state index is 0.255. The molecule has 0 saturated carbocycles. The monoisotopic (exact) mass is 206 g/mol. The average Bonchev–Trinajstić information content (AvgIpc) is 2.27. The van der Waals surface area contributed by atoms with Crippen LogP contribution in [-0.2, 0) is 6.54 Å². The molecular weight excluding hydrogens is 188 g/mol. The Morgan fingerprint density at radius 3 is 3.00 bits per heavy atom. The molecule has 1 atom stereocenters. The molecule has 1 aromatic rings. The zero-order valence-electron chi connectivity index (χ0n) is 9.29. The molecule has 1 aliphatic rings. The van der Waals surface area contributed by atoms with Crippen molar-refractivity contribution in [3.8, 4) is 5.75 Å². The summed E-state index contributed by atoms with van der Waals surface area (Å²) in [6, 6.07) is 6.09. The van der Waals surface area contributed by atoms with Crippen molar-refractivity contribution in [2.45, 2.75) is 26.5 Å². The van der Waals surface area contributed by atoms with Gasteiger partial charge in [-0.3, -0.25) is 0 Å². The van der Waals surface area contributed by atoms with Crippen LogP contribution in [-0.4, -0.2) is 12.6 Å². The third kappa shape index (κ3) is 2.07. The Balaban J connectivity index is 2.23. The largest absolute Gasteiger partial charge is 0.486 e. The van der Waals surface area contributed by atoms with Crippen molar-refractivity contribution in [2.75, 3.05) is 11.9 Å². The SMILES string of the molecule is CC(C)C1CNc2ccc(CN)cc2O1. The molecule has 0 amide bonds. The molecule has 1 aromatic carbocycles. The van der Waals surface area contributed by atoms with Crippen molar-refractivity contribution in [3.63, 3.8) is 0 Å². The van der Waals surface area contributed by atoms with Crippen LogP contribution in [0.15, 0.2) is 18.2 Å². The van der Waals surface area contributed by atoms with E-state index in [1.165, 1.54) is 0 Å². The van der Waals surface area contributed by atoms with E-state index in [1.54, 1.807) is 0 Å². The van der Waals surface area contributed by atoms with Crippen LogP contribution >= 0.6 is 0 Å². The topological polar surface area (TPSA) is 47.3 Å². The third-order valence-corrected chi connectivity index (χ3v) is 2.80. The fourth-order valence-corrected chi connectivity index (χ4v) is 1.72. The quantitative estimate of drug-likeness (QED) is 0.777. The summed E-state index contributed by atoms with van der Waals surface area (Å²) < 4.78 is 5.92. The fraction of sp³-hybridized carbons (Fsp3) is 0.500. The minimum absolute atomic E-state index is 0.255. The van der Waals surface area contributed by atoms with Gasteiger partial charge in [0.05, 0.1) is 12.2 Å². The van der Waals surface area contributed by atoms with Crippen LogP contribution in [0.2, 0.25) is 0 Å². The molecule has 0 bridgehead atoms. The lowest BCUT2D eigenvalue weighted by Gasteiger charge is -2.30. The number of nitrogens with two attached hydrogens (primary N) is 1. The molecule has 3 nitrogen and oxygen atoms in total. The van der Waals surface area contributed by atoms with Crippen LogP contribution < -0.4 is 15.8 Å². The first-order chi connectivity index (χ1) is 7.20. The summed E-state index contributed by atoms with van der Waals surface area (Å²) >= 11 is 0. The normalized spacial score (nSPS) is 19.3. The molecule has 2 rings (SSSR count). The van der Waals surface area contributed by atoms with Gasteiger partial charge in [0.1, 0.15) is 11.9 Å². The standard InChI is InChI=1S/C12H18N2O/c1-8(2)12-7-14-10-4-3-9(6-13)5-11(10)15-12/h3-5,8,12,14H,6-7,13H2,1-2H3. The van der Waals surface area contributed by atoms with Crippen molar-refractivity contribution >= 4 is 5.69 Å². The van der Waals surface area contributed by atoms with Gasteiger partial charge in [0.15, 0.2) is 0 Å². The summed E-state index contributed by atoms with van der Waals surface area (Å²) in [5, 5.41) is 3.38. The predicted octanol–water partition coefficient (Wildman–Crippen LogP) is 1.97. The van der Waals surface area contributed by atoms with E-state index in [0.717, 1.165) is 23.5 Å². The van der Waals surface area contributed by atoms with Crippen molar-refractivity contribution < 1.29 is 4.74 Å². The molecule has 82 valence electrons. The zero-order valence-corrected chi connectivity index (χ0v) is 9.29. The Morgan fingerprint density at radius 2 is 2.33 bits per heavy atom. The van der Waals surface area contributed by atoms with E-state index in [2.05, 4.69) is 19.2 Å². The first-order valence-electron chi connectivity index (χ1n) is 5.44. The summed E-state index contributed by atoms with van der Waals surface area (Å²) in [4.78, 5) is 0. The summed E-state index contributed by atoms with van der Waals surface area (Å²) in [6.07, 6.45) is 0.255. The maximum atomic E-state index is 5.92. The van der Waals surface area contributed by atoms with Crippen molar-refractivity contribution in [2.24, 2.45) is 11.7 Å². The molecule has 3 N–H and O–H groups in total. The molecule has 0 spiro atoms. The van der Waals surface area contributed by atoms with Gasteiger partial charge in [-0.15, -0.1) is 0 Å². The number of rotatable bonds is 2. The fourth-order valence-electron chi connectivity index (χ4n) is 1.72. The van der Waals surface area contributed by atoms with Crippen molar-refractivity contribution in [1.29, 1.82) is 0 Å². The highest BCUT2D eigenvalue weighted by Crippen LogP contribution is 2.31. The Bertz CT molecular complexity index is 349. The van der Waals surface area contributed by atoms with Gasteiger partial charge in [0, 0.05) is 6.54 Å². The van der Waals surface area contributed by atoms with Gasteiger partial charge in [-0.05, 0) is 23.6 Å². The van der Waals surface area contributed by atoms with Gasteiger partial charge in [-0.1, -0.05) is 19.9 Å². The van der Waals surface area contributed by atoms with Gasteiger partial charge in [-0.2, -0.15) is 0 Å². The maximum absolute atomic E-state index is 5.92. The van der Waals surface area contributed by atoms with E-state index in [4.69, 9.17) is 10.5 Å². The van der Waals surface area contributed by atoms with Crippen LogP contribution in [0.5, 0.6) is 5.75 Å². The number of hydrogen-bond acceptors (Lipinski definition) is 3. The van der Waals surface area contributed by atoms with Gasteiger partial charge in [0.2, 0.25) is 0 Å². The van der Waals surface area contributed by atoms with Crippen molar-refractivity contribution in [1.82, 2.24) is 0 Å². The summed E-state index contributed by atoms with van der Waals surface area (Å²) in [5.41, 5.74) is 7.79. The summed E-state index contributed by atoms with van der Waals surface area (Å²) in [6.45, 7) is 5.78. The predicted molar refractivity (Wildman–Crippen MR) is 62.1 cm³/mol. The Hall–Kier alpha value is -1.22. The summed E-state index contributed by atoms with van der Waals surface area (Å²) in [5.74, 6) is 1.45. The number of anilines is 1. The highest BCUT2D eigenvalue weighted by molar-refractivity contribution is 5.59. The molecule has 0 fully saturated rings. The molecule has 3 heteroatoms. The van der Waals surface area contributed by atoms with E-state index in [9.17, 15) is 0 Å². The number of nitrogens with one attached hydrogen (secondary N) is 1. The van der Waals surface area contributed by atoms with E-state index in [-0.39, 0.29) is 6.10 Å². The van der Waals surface area contributed by atoms with Gasteiger partial charge in [0.25, 0.3) is 0 Å². The smallest absolute Gasteiger partial charge is 0.143 e. The molecule has 0 aliphatic carbocycles. The molecule has 1 aliphatic heterocycles. The molecule has 15 heavy (non-hydrogen) atoms. The molecule has 1 unspecified atom stereocenters. The Kier molecular flexibility index (Phi) is 2.82. The maximum Gasteiger partial charge on any atom is 0.143 e. The number of hydrogen-bond donors (Lipinski definition) is 2. The molecule has 0 radical (unpaired) electrons. The van der Waals surface area contributed by atoms with Crippen LogP contribution in [0.4, 0.5) is 5.69 Å². The van der Waals surface area contributed by atoms with E-state index in [1.807, 2.05) is 18.2 Å². The van der Waals surface area contributed by atoms with E-state index < -0.39 is 0 Å². The highest BCUT2D eigenvalue weighted by atomic mass is 16.5. The average molecular weight is 206 g/mol. The van der Waals surface area contributed by atoms with E-state index in [0.29, 0.717) is 12.5 Å². The van der Waals surface area contributed by atoms with Crippen LogP contribution in [0.25, 0.3) is 0 Å². The minimum Gasteiger partial charge on any atom is -0.486 e. The Morgan fingerprint density at radius 1 is 1.53 bits per heavy atom. The summed E-state index contributed by atoms with van der Waals surface area (Å²) in [7, 11) is 0. The third-order valence-electron chi connectivity index (χ3n) is 2.80. The Labute approximate surface area is 90.6 Å². The van der Waals surface area contributed by atoms with Gasteiger partial charge < -0.3 is 15.8 Å². The molecule has 0 saturated heterocycles. The second kappa shape index (κ2) is 4.11. The van der Waals surface area contributed by atoms with E-state index >= 15 is 0 Å². The van der Waals surface area contributed by atoms with Crippen molar-refractivity contribution in [3.05, 3.63) is 23.8 Å².